The molecule has 0 aliphatic carbocycles. The van der Waals surface area contributed by atoms with Crippen molar-refractivity contribution in [3.8, 4) is 0 Å². The maximum Gasteiger partial charge on any atom is 0.225 e. The van der Waals surface area contributed by atoms with E-state index in [1.165, 1.54) is 6.26 Å². The fourth-order valence-electron chi connectivity index (χ4n) is 2.49. The lowest BCUT2D eigenvalue weighted by molar-refractivity contribution is -0.116. The van der Waals surface area contributed by atoms with Gasteiger partial charge in [-0.25, -0.2) is 8.42 Å². The normalized spacial score (nSPS) is 12.8. The van der Waals surface area contributed by atoms with Gasteiger partial charge in [0.15, 0.2) is 9.84 Å². The predicted octanol–water partition coefficient (Wildman–Crippen LogP) is 3.77. The molecule has 26 heavy (non-hydrogen) atoms. The molecule has 0 spiro atoms. The highest BCUT2D eigenvalue weighted by Gasteiger charge is 2.15. The van der Waals surface area contributed by atoms with Crippen molar-refractivity contribution in [2.24, 2.45) is 0 Å². The highest BCUT2D eigenvalue weighted by Crippen LogP contribution is 2.22. The van der Waals surface area contributed by atoms with Gasteiger partial charge in [0, 0.05) is 25.3 Å². The van der Waals surface area contributed by atoms with Gasteiger partial charge in [0.05, 0.1) is 15.6 Å². The number of benzene rings is 2. The molecule has 0 aliphatic heterocycles. The smallest absolute Gasteiger partial charge is 0.225 e. The monoisotopic (exact) mass is 394 g/mol. The van der Waals surface area contributed by atoms with Crippen LogP contribution < -0.4 is 5.32 Å². The highest BCUT2D eigenvalue weighted by molar-refractivity contribution is 7.90. The van der Waals surface area contributed by atoms with Crippen LogP contribution in [0.4, 0.5) is 5.69 Å². The summed E-state index contributed by atoms with van der Waals surface area (Å²) in [6.07, 6.45) is 1.52. The van der Waals surface area contributed by atoms with E-state index in [0.29, 0.717) is 28.6 Å². The van der Waals surface area contributed by atoms with Crippen molar-refractivity contribution >= 4 is 33.0 Å². The summed E-state index contributed by atoms with van der Waals surface area (Å²) in [6, 6.07) is 14.0. The Morgan fingerprint density at radius 2 is 1.77 bits per heavy atom. The molecule has 0 saturated heterocycles. The second-order valence-electron chi connectivity index (χ2n) is 6.28. The lowest BCUT2D eigenvalue weighted by Crippen LogP contribution is -2.27. The van der Waals surface area contributed by atoms with Crippen molar-refractivity contribution in [1.82, 2.24) is 4.90 Å². The van der Waals surface area contributed by atoms with E-state index in [2.05, 4.69) is 5.32 Å². The quantitative estimate of drug-likeness (QED) is 0.776. The van der Waals surface area contributed by atoms with Crippen LogP contribution in [0.2, 0.25) is 5.02 Å². The van der Waals surface area contributed by atoms with Crippen LogP contribution in [-0.2, 0) is 14.6 Å². The van der Waals surface area contributed by atoms with Gasteiger partial charge in [0.25, 0.3) is 0 Å². The fourth-order valence-corrected chi connectivity index (χ4v) is 3.31. The molecule has 1 unspecified atom stereocenters. The van der Waals surface area contributed by atoms with Gasteiger partial charge in [-0.3, -0.25) is 9.69 Å². The Morgan fingerprint density at radius 1 is 1.15 bits per heavy atom. The van der Waals surface area contributed by atoms with Gasteiger partial charge in [-0.15, -0.1) is 0 Å². The Hall–Kier alpha value is -1.89. The Morgan fingerprint density at radius 3 is 2.35 bits per heavy atom. The molecule has 1 amide bonds. The number of anilines is 1. The maximum absolute atomic E-state index is 12.1. The standard InChI is InChI=1S/C19H23ClN2O3S/c1-14(15-8-10-16(11-9-15)26(3,24)25)22(2)13-12-19(23)21-18-7-5-4-6-17(18)20/h4-11,14H,12-13H2,1-3H3,(H,21,23). The minimum absolute atomic E-state index is 0.0525. The average Bonchev–Trinajstić information content (AvgIpc) is 2.60. The summed E-state index contributed by atoms with van der Waals surface area (Å²) >= 11 is 6.04. The second kappa shape index (κ2) is 8.66. The molecule has 1 N–H and O–H groups in total. The zero-order valence-corrected chi connectivity index (χ0v) is 16.6. The summed E-state index contributed by atoms with van der Waals surface area (Å²) in [5.74, 6) is -0.107. The van der Waals surface area contributed by atoms with Crippen LogP contribution >= 0.6 is 11.6 Å². The molecule has 140 valence electrons. The third-order valence-corrected chi connectivity index (χ3v) is 5.75. The van der Waals surface area contributed by atoms with Crippen LogP contribution in [0.1, 0.15) is 24.9 Å². The lowest BCUT2D eigenvalue weighted by Gasteiger charge is -2.25. The maximum atomic E-state index is 12.1. The van der Waals surface area contributed by atoms with Crippen molar-refractivity contribution in [3.63, 3.8) is 0 Å². The topological polar surface area (TPSA) is 66.5 Å². The van der Waals surface area contributed by atoms with Gasteiger partial charge in [0.1, 0.15) is 0 Å². The first-order chi connectivity index (χ1) is 12.2. The van der Waals surface area contributed by atoms with E-state index in [1.807, 2.05) is 31.0 Å². The summed E-state index contributed by atoms with van der Waals surface area (Å²) in [7, 11) is -1.27. The van der Waals surface area contributed by atoms with Gasteiger partial charge in [-0.2, -0.15) is 0 Å². The van der Waals surface area contributed by atoms with Crippen LogP contribution in [-0.4, -0.2) is 39.1 Å². The molecule has 0 heterocycles. The molecule has 5 nitrogen and oxygen atoms in total. The summed E-state index contributed by atoms with van der Waals surface area (Å²) in [5.41, 5.74) is 1.60. The van der Waals surface area contributed by atoms with Gasteiger partial charge >= 0.3 is 0 Å². The van der Waals surface area contributed by atoms with Crippen molar-refractivity contribution in [1.29, 1.82) is 0 Å². The number of carbonyl (C=O) groups excluding carboxylic acids is 1. The van der Waals surface area contributed by atoms with E-state index in [0.717, 1.165) is 5.56 Å². The summed E-state index contributed by atoms with van der Waals surface area (Å²) < 4.78 is 23.1. The van der Waals surface area contributed by atoms with Crippen LogP contribution in [0.25, 0.3) is 0 Å². The van der Waals surface area contributed by atoms with Crippen molar-refractivity contribution in [2.75, 3.05) is 25.2 Å². The number of carbonyl (C=O) groups is 1. The molecule has 0 aromatic heterocycles. The number of hydrogen-bond donors (Lipinski definition) is 1. The molecule has 0 saturated carbocycles. The van der Waals surface area contributed by atoms with Gasteiger partial charge in [-0.05, 0) is 43.8 Å². The van der Waals surface area contributed by atoms with Gasteiger partial charge < -0.3 is 5.32 Å². The van der Waals surface area contributed by atoms with E-state index in [9.17, 15) is 13.2 Å². The molecule has 1 atom stereocenters. The fraction of sp³-hybridized carbons (Fsp3) is 0.316. The van der Waals surface area contributed by atoms with E-state index < -0.39 is 9.84 Å². The zero-order chi connectivity index (χ0) is 19.3. The molecule has 0 radical (unpaired) electrons. The first-order valence-corrected chi connectivity index (χ1v) is 10.5. The SMILES string of the molecule is CC(c1ccc(S(C)(=O)=O)cc1)N(C)CCC(=O)Nc1ccccc1Cl. The minimum Gasteiger partial charge on any atom is -0.325 e. The number of rotatable bonds is 7. The largest absolute Gasteiger partial charge is 0.325 e. The minimum atomic E-state index is -3.20. The number of amides is 1. The molecule has 0 bridgehead atoms. The highest BCUT2D eigenvalue weighted by atomic mass is 35.5. The Balaban J connectivity index is 1.91. The van der Waals surface area contributed by atoms with E-state index in [-0.39, 0.29) is 11.9 Å². The van der Waals surface area contributed by atoms with E-state index in [1.54, 1.807) is 36.4 Å². The Bertz CT molecular complexity index is 867. The Kier molecular flexibility index (Phi) is 6.81. The molecule has 2 aromatic carbocycles. The molecular formula is C19H23ClN2O3S. The predicted molar refractivity (Wildman–Crippen MR) is 105 cm³/mol. The van der Waals surface area contributed by atoms with Crippen molar-refractivity contribution in [3.05, 3.63) is 59.1 Å². The van der Waals surface area contributed by atoms with Crippen LogP contribution in [0.5, 0.6) is 0 Å². The van der Waals surface area contributed by atoms with E-state index in [4.69, 9.17) is 11.6 Å². The van der Waals surface area contributed by atoms with E-state index >= 15 is 0 Å². The second-order valence-corrected chi connectivity index (χ2v) is 8.70. The van der Waals surface area contributed by atoms with Crippen LogP contribution in [0.3, 0.4) is 0 Å². The zero-order valence-electron chi connectivity index (χ0n) is 15.1. The molecule has 7 heteroatoms. The number of nitrogens with one attached hydrogen (secondary N) is 1. The van der Waals surface area contributed by atoms with Crippen LogP contribution in [0.15, 0.2) is 53.4 Å². The summed E-state index contributed by atoms with van der Waals surface area (Å²) in [6.45, 7) is 2.58. The molecule has 2 aromatic rings. The van der Waals surface area contributed by atoms with Crippen molar-refractivity contribution in [2.45, 2.75) is 24.3 Å². The number of hydrogen-bond acceptors (Lipinski definition) is 4. The van der Waals surface area contributed by atoms with Gasteiger partial charge in [-0.1, -0.05) is 35.9 Å². The number of sulfone groups is 1. The lowest BCUT2D eigenvalue weighted by atomic mass is 10.1. The molecule has 0 fully saturated rings. The summed E-state index contributed by atoms with van der Waals surface area (Å²) in [5, 5.41) is 3.31. The first-order valence-electron chi connectivity index (χ1n) is 8.23. The number of nitrogens with zero attached hydrogens (tertiary/aromatic N) is 1. The van der Waals surface area contributed by atoms with Crippen LogP contribution in [0, 0.1) is 0 Å². The van der Waals surface area contributed by atoms with Crippen molar-refractivity contribution < 1.29 is 13.2 Å². The number of para-hydroxylation sites is 1. The average molecular weight is 395 g/mol. The molecule has 2 rings (SSSR count). The molecular weight excluding hydrogens is 372 g/mol. The Labute approximate surface area is 159 Å². The third-order valence-electron chi connectivity index (χ3n) is 4.29. The molecule has 0 aliphatic rings. The number of halogens is 1. The third kappa shape index (κ3) is 5.56. The first kappa shape index (κ1) is 20.4. The van der Waals surface area contributed by atoms with Gasteiger partial charge in [0.2, 0.25) is 5.91 Å². The summed E-state index contributed by atoms with van der Waals surface area (Å²) in [4.78, 5) is 14.5.